The van der Waals surface area contributed by atoms with Gasteiger partial charge in [0, 0.05) is 30.0 Å². The van der Waals surface area contributed by atoms with Gasteiger partial charge in [-0.05, 0) is 59.6 Å². The quantitative estimate of drug-likeness (QED) is 0.339. The van der Waals surface area contributed by atoms with Crippen molar-refractivity contribution in [1.29, 1.82) is 0 Å². The lowest BCUT2D eigenvalue weighted by Crippen LogP contribution is -2.52. The molecular weight excluding hydrogens is 533 g/mol. The fourth-order valence-electron chi connectivity index (χ4n) is 5.38. The zero-order valence-electron chi connectivity index (χ0n) is 22.2. The van der Waals surface area contributed by atoms with Crippen molar-refractivity contribution in [3.63, 3.8) is 0 Å². The number of nitrogens with zero attached hydrogens (tertiary/aromatic N) is 2. The molecule has 6 nitrogen and oxygen atoms in total. The van der Waals surface area contributed by atoms with Gasteiger partial charge in [0.15, 0.2) is 0 Å². The number of likely N-dealkylation sites (tertiary alicyclic amines) is 1. The third-order valence-electron chi connectivity index (χ3n) is 7.53. The van der Waals surface area contributed by atoms with E-state index < -0.39 is 23.9 Å². The first-order chi connectivity index (χ1) is 18.2. The van der Waals surface area contributed by atoms with Gasteiger partial charge in [-0.3, -0.25) is 0 Å². The maximum absolute atomic E-state index is 13.0. The molecule has 3 unspecified atom stereocenters. The Morgan fingerprint density at radius 3 is 2.41 bits per heavy atom. The Bertz CT molecular complexity index is 1360. The van der Waals surface area contributed by atoms with Gasteiger partial charge in [0.2, 0.25) is 5.88 Å². The summed E-state index contributed by atoms with van der Waals surface area (Å²) in [6.07, 6.45) is -4.98. The van der Waals surface area contributed by atoms with E-state index in [1.165, 1.54) is 24.1 Å². The third-order valence-corrected chi connectivity index (χ3v) is 7.97. The summed E-state index contributed by atoms with van der Waals surface area (Å²) in [6, 6.07) is 9.92. The molecule has 39 heavy (non-hydrogen) atoms. The fourth-order valence-corrected chi connectivity index (χ4v) is 5.68. The monoisotopic (exact) mass is 564 g/mol. The second-order valence-corrected chi connectivity index (χ2v) is 11.5. The molecule has 3 aromatic rings. The van der Waals surface area contributed by atoms with Gasteiger partial charge in [0.05, 0.1) is 29.3 Å². The number of pyridine rings is 1. The molecule has 1 amide bonds. The molecule has 0 bridgehead atoms. The minimum Gasteiger partial charge on any atom is -0.481 e. The number of ether oxygens (including phenoxy) is 1. The van der Waals surface area contributed by atoms with E-state index in [0.717, 1.165) is 12.1 Å². The van der Waals surface area contributed by atoms with Crippen LogP contribution in [0.5, 0.6) is 5.88 Å². The van der Waals surface area contributed by atoms with Gasteiger partial charge in [-0.2, -0.15) is 13.2 Å². The van der Waals surface area contributed by atoms with Crippen LogP contribution in [0, 0.1) is 11.3 Å². The van der Waals surface area contributed by atoms with Crippen LogP contribution in [0.2, 0.25) is 5.02 Å². The molecule has 0 radical (unpaired) electrons. The number of carbonyl (C=O) groups is 1. The molecule has 2 N–H and O–H groups in total. The van der Waals surface area contributed by atoms with E-state index >= 15 is 0 Å². The topological polar surface area (TPSA) is 82.9 Å². The van der Waals surface area contributed by atoms with Crippen LogP contribution in [-0.4, -0.2) is 45.9 Å². The number of amides is 1. The van der Waals surface area contributed by atoms with Crippen molar-refractivity contribution in [3.05, 3.63) is 69.7 Å². The Labute approximate surface area is 230 Å². The first-order valence-electron chi connectivity index (χ1n) is 12.7. The van der Waals surface area contributed by atoms with Crippen LogP contribution in [-0.2, 0) is 12.6 Å². The van der Waals surface area contributed by atoms with Gasteiger partial charge in [-0.1, -0.05) is 50.6 Å². The Hall–Kier alpha value is -3.04. The molecule has 10 heteroatoms. The molecular formula is C29H32ClF3N2O4. The molecule has 4 rings (SSSR count). The second-order valence-electron chi connectivity index (χ2n) is 11.1. The van der Waals surface area contributed by atoms with Crippen molar-refractivity contribution < 1.29 is 32.9 Å². The molecule has 0 aliphatic carbocycles. The van der Waals surface area contributed by atoms with E-state index in [4.69, 9.17) is 16.3 Å². The standard InChI is InChI=1S/C29H32ClF3N2O4/c1-28(2,3)23-15-18(11-12-35(23)27(37)38)25(36)17-7-10-22-20(14-17)24(30)21(26(34-22)39-4)13-16-5-8-19(9-6-16)29(31,32)33/h5-10,14,18,23,25,36H,11-13,15H2,1-4H3,(H,37,38). The van der Waals surface area contributed by atoms with Crippen molar-refractivity contribution >= 4 is 28.6 Å². The highest BCUT2D eigenvalue weighted by Crippen LogP contribution is 2.41. The van der Waals surface area contributed by atoms with Crippen molar-refractivity contribution in [2.75, 3.05) is 13.7 Å². The van der Waals surface area contributed by atoms with Crippen molar-refractivity contribution in [3.8, 4) is 5.88 Å². The molecule has 1 fully saturated rings. The predicted octanol–water partition coefficient (Wildman–Crippen LogP) is 7.34. The number of carboxylic acid groups (broad SMARTS) is 1. The molecule has 1 saturated heterocycles. The van der Waals surface area contributed by atoms with E-state index in [2.05, 4.69) is 4.98 Å². The number of rotatable bonds is 5. The number of methoxy groups -OCH3 is 1. The summed E-state index contributed by atoms with van der Waals surface area (Å²) in [6.45, 7) is 6.32. The Morgan fingerprint density at radius 2 is 1.85 bits per heavy atom. The maximum atomic E-state index is 13.0. The summed E-state index contributed by atoms with van der Waals surface area (Å²) in [5, 5.41) is 22.0. The smallest absolute Gasteiger partial charge is 0.416 e. The number of benzene rings is 2. The van der Waals surface area contributed by atoms with E-state index in [-0.39, 0.29) is 29.7 Å². The average molecular weight is 565 g/mol. The van der Waals surface area contributed by atoms with Crippen LogP contribution >= 0.6 is 11.6 Å². The van der Waals surface area contributed by atoms with Crippen LogP contribution in [0.25, 0.3) is 10.9 Å². The maximum Gasteiger partial charge on any atom is 0.416 e. The van der Waals surface area contributed by atoms with Crippen LogP contribution in [0.4, 0.5) is 18.0 Å². The number of hydrogen-bond donors (Lipinski definition) is 2. The van der Waals surface area contributed by atoms with E-state index in [9.17, 15) is 28.2 Å². The lowest BCUT2D eigenvalue weighted by Gasteiger charge is -2.45. The molecule has 2 aromatic carbocycles. The highest BCUT2D eigenvalue weighted by Gasteiger charge is 2.41. The molecule has 2 heterocycles. The molecule has 1 aromatic heterocycles. The highest BCUT2D eigenvalue weighted by molar-refractivity contribution is 6.36. The molecule has 1 aliphatic heterocycles. The van der Waals surface area contributed by atoms with E-state index in [1.54, 1.807) is 18.2 Å². The first-order valence-corrected chi connectivity index (χ1v) is 13.1. The minimum absolute atomic E-state index is 0.154. The van der Waals surface area contributed by atoms with Gasteiger partial charge in [0.25, 0.3) is 0 Å². The van der Waals surface area contributed by atoms with Crippen molar-refractivity contribution in [2.24, 2.45) is 11.3 Å². The Kier molecular flexibility index (Phi) is 8.06. The SMILES string of the molecule is COc1nc2ccc(C(O)C3CCN(C(=O)O)C(C(C)(C)C)C3)cc2c(Cl)c1Cc1ccc(C(F)(F)F)cc1. The summed E-state index contributed by atoms with van der Waals surface area (Å²) in [4.78, 5) is 17.8. The summed E-state index contributed by atoms with van der Waals surface area (Å²) in [5.74, 6) is 0.119. The van der Waals surface area contributed by atoms with Crippen LogP contribution in [0.15, 0.2) is 42.5 Å². The number of alkyl halides is 3. The molecule has 0 spiro atoms. The predicted molar refractivity (Wildman–Crippen MR) is 143 cm³/mol. The van der Waals surface area contributed by atoms with Gasteiger partial charge in [-0.25, -0.2) is 9.78 Å². The van der Waals surface area contributed by atoms with Gasteiger partial charge in [-0.15, -0.1) is 0 Å². The van der Waals surface area contributed by atoms with Crippen molar-refractivity contribution in [1.82, 2.24) is 9.88 Å². The number of hydrogen-bond acceptors (Lipinski definition) is 4. The van der Waals surface area contributed by atoms with Gasteiger partial charge >= 0.3 is 12.3 Å². The van der Waals surface area contributed by atoms with Crippen molar-refractivity contribution in [2.45, 2.75) is 58.4 Å². The lowest BCUT2D eigenvalue weighted by molar-refractivity contribution is -0.137. The van der Waals surface area contributed by atoms with E-state index in [1.807, 2.05) is 20.8 Å². The number of aliphatic hydroxyl groups excluding tert-OH is 1. The first kappa shape index (κ1) is 29.0. The zero-order valence-corrected chi connectivity index (χ0v) is 23.0. The minimum atomic E-state index is -4.42. The number of fused-ring (bicyclic) bond motifs is 1. The Morgan fingerprint density at radius 1 is 1.18 bits per heavy atom. The number of aliphatic hydroxyl groups is 1. The molecule has 0 saturated carbocycles. The Balaban J connectivity index is 1.65. The molecule has 1 aliphatic rings. The summed E-state index contributed by atoms with van der Waals surface area (Å²) in [7, 11) is 1.45. The van der Waals surface area contributed by atoms with E-state index in [0.29, 0.717) is 52.0 Å². The van der Waals surface area contributed by atoms with Crippen LogP contribution < -0.4 is 4.74 Å². The summed E-state index contributed by atoms with van der Waals surface area (Å²) >= 11 is 6.83. The lowest BCUT2D eigenvalue weighted by atomic mass is 9.74. The zero-order chi connectivity index (χ0) is 28.7. The molecule has 3 atom stereocenters. The van der Waals surface area contributed by atoms with Crippen LogP contribution in [0.3, 0.4) is 0 Å². The number of piperidine rings is 1. The average Bonchev–Trinajstić information content (AvgIpc) is 2.88. The summed E-state index contributed by atoms with van der Waals surface area (Å²) in [5.41, 5.74) is 1.30. The number of aromatic nitrogens is 1. The third kappa shape index (κ3) is 6.09. The highest BCUT2D eigenvalue weighted by atomic mass is 35.5. The fraction of sp³-hybridized carbons (Fsp3) is 0.448. The van der Waals surface area contributed by atoms with Gasteiger partial charge in [0.1, 0.15) is 0 Å². The normalized spacial score (nSPS) is 19.3. The largest absolute Gasteiger partial charge is 0.481 e. The summed E-state index contributed by atoms with van der Waals surface area (Å²) < 4.78 is 44.4. The second kappa shape index (κ2) is 10.8. The van der Waals surface area contributed by atoms with Gasteiger partial charge < -0.3 is 19.8 Å². The molecule has 210 valence electrons. The number of halogens is 4. The van der Waals surface area contributed by atoms with Crippen LogP contribution in [0.1, 0.15) is 62.0 Å².